The van der Waals surface area contributed by atoms with E-state index in [9.17, 15) is 19.6 Å². The lowest BCUT2D eigenvalue weighted by molar-refractivity contribution is -0.130. The van der Waals surface area contributed by atoms with Crippen LogP contribution >= 0.6 is 0 Å². The lowest BCUT2D eigenvalue weighted by Crippen LogP contribution is -2.61. The summed E-state index contributed by atoms with van der Waals surface area (Å²) in [5.74, 6) is -0.675. The van der Waals surface area contributed by atoms with Gasteiger partial charge in [0.1, 0.15) is 12.1 Å². The molecule has 1 saturated carbocycles. The van der Waals surface area contributed by atoms with E-state index < -0.39 is 19.1 Å². The second kappa shape index (κ2) is 9.50. The Morgan fingerprint density at radius 1 is 1.25 bits per heavy atom. The van der Waals surface area contributed by atoms with Gasteiger partial charge in [0.25, 0.3) is 0 Å². The van der Waals surface area contributed by atoms with Gasteiger partial charge in [-0.15, -0.1) is 0 Å². The number of rotatable bonds is 10. The topological polar surface area (TPSA) is 131 Å². The summed E-state index contributed by atoms with van der Waals surface area (Å²) in [6.45, 7) is 4.68. The van der Waals surface area contributed by atoms with Crippen LogP contribution in [-0.2, 0) is 9.59 Å². The standard InChI is InChI=1S/C22H32BN5O4/c1-13(2)9-20(23(31)32)26-21(29)18(10-14-3-4-14)25-22(30)19-7-8-28(19)16-6-5-15-12-24-27-17(15)11-16/h5-6,11-14,18-20,31-32H,3-4,7-10H2,1-2H3,(H,24,27)(H,25,30)(H,26,29). The zero-order valence-corrected chi connectivity index (χ0v) is 18.6. The van der Waals surface area contributed by atoms with Crippen LogP contribution in [0, 0.1) is 11.8 Å². The average Bonchev–Trinajstić information content (AvgIpc) is 3.39. The predicted molar refractivity (Wildman–Crippen MR) is 123 cm³/mol. The first-order chi connectivity index (χ1) is 15.3. The lowest BCUT2D eigenvalue weighted by atomic mass is 9.75. The molecule has 4 rings (SSSR count). The number of hydrogen-bond acceptors (Lipinski definition) is 6. The molecule has 0 radical (unpaired) electrons. The minimum absolute atomic E-state index is 0.174. The fourth-order valence-corrected chi connectivity index (χ4v) is 4.31. The number of anilines is 1. The van der Waals surface area contributed by atoms with Gasteiger partial charge in [0.05, 0.1) is 17.7 Å². The molecule has 0 bridgehead atoms. The summed E-state index contributed by atoms with van der Waals surface area (Å²) in [5, 5.41) is 33.0. The van der Waals surface area contributed by atoms with Gasteiger partial charge in [-0.25, -0.2) is 0 Å². The number of benzene rings is 1. The number of amides is 2. The van der Waals surface area contributed by atoms with Gasteiger partial charge in [0.15, 0.2) is 0 Å². The first-order valence-corrected chi connectivity index (χ1v) is 11.5. The number of carbonyl (C=O) groups is 2. The molecule has 10 heteroatoms. The van der Waals surface area contributed by atoms with Gasteiger partial charge in [-0.1, -0.05) is 26.7 Å². The van der Waals surface area contributed by atoms with Crippen LogP contribution in [0.3, 0.4) is 0 Å². The number of carbonyl (C=O) groups excluding carboxylic acids is 2. The maximum absolute atomic E-state index is 13.1. The SMILES string of the molecule is CC(C)CC(NC(=O)C(CC1CC1)NC(=O)C1CCN1c1ccc2cn[nH]c2c1)B(O)O. The average molecular weight is 441 g/mol. The Bertz CT molecular complexity index is 961. The molecule has 2 amide bonds. The van der Waals surface area contributed by atoms with Crippen LogP contribution in [0.15, 0.2) is 24.4 Å². The Morgan fingerprint density at radius 2 is 2.03 bits per heavy atom. The van der Waals surface area contributed by atoms with Crippen molar-refractivity contribution in [2.24, 2.45) is 11.8 Å². The van der Waals surface area contributed by atoms with Crippen molar-refractivity contribution in [2.75, 3.05) is 11.4 Å². The van der Waals surface area contributed by atoms with E-state index in [0.29, 0.717) is 18.8 Å². The molecule has 172 valence electrons. The minimum Gasteiger partial charge on any atom is -0.426 e. The molecule has 2 heterocycles. The van der Waals surface area contributed by atoms with Crippen molar-refractivity contribution in [2.45, 2.75) is 64.0 Å². The Kier molecular flexibility index (Phi) is 6.71. The van der Waals surface area contributed by atoms with E-state index in [0.717, 1.165) is 42.4 Å². The van der Waals surface area contributed by atoms with Gasteiger partial charge in [-0.05, 0) is 49.3 Å². The monoisotopic (exact) mass is 441 g/mol. The van der Waals surface area contributed by atoms with E-state index in [4.69, 9.17) is 0 Å². The highest BCUT2D eigenvalue weighted by atomic mass is 16.4. The number of nitrogens with one attached hydrogen (secondary N) is 3. The molecule has 1 aromatic heterocycles. The molecule has 32 heavy (non-hydrogen) atoms. The van der Waals surface area contributed by atoms with Crippen LogP contribution < -0.4 is 15.5 Å². The van der Waals surface area contributed by atoms with E-state index in [1.54, 1.807) is 6.20 Å². The van der Waals surface area contributed by atoms with Crippen molar-refractivity contribution in [3.63, 3.8) is 0 Å². The summed E-state index contributed by atoms with van der Waals surface area (Å²) >= 11 is 0. The van der Waals surface area contributed by atoms with Crippen LogP contribution in [0.4, 0.5) is 5.69 Å². The third kappa shape index (κ3) is 5.24. The molecule has 1 aliphatic heterocycles. The molecule has 1 saturated heterocycles. The summed E-state index contributed by atoms with van der Waals surface area (Å²) in [7, 11) is -1.64. The highest BCUT2D eigenvalue weighted by molar-refractivity contribution is 6.43. The Morgan fingerprint density at radius 3 is 2.66 bits per heavy atom. The summed E-state index contributed by atoms with van der Waals surface area (Å²) in [6, 6.07) is 4.92. The van der Waals surface area contributed by atoms with E-state index in [1.165, 1.54) is 0 Å². The lowest BCUT2D eigenvalue weighted by Gasteiger charge is -2.42. The molecular formula is C22H32BN5O4. The van der Waals surface area contributed by atoms with Crippen LogP contribution in [-0.4, -0.2) is 63.7 Å². The van der Waals surface area contributed by atoms with Crippen LogP contribution in [0.2, 0.25) is 0 Å². The number of hydrogen-bond donors (Lipinski definition) is 5. The zero-order valence-electron chi connectivity index (χ0n) is 18.6. The van der Waals surface area contributed by atoms with Crippen LogP contribution in [0.5, 0.6) is 0 Å². The van der Waals surface area contributed by atoms with Crippen molar-refractivity contribution in [1.82, 2.24) is 20.8 Å². The molecule has 2 aliphatic rings. The molecule has 1 aromatic carbocycles. The molecule has 2 aromatic rings. The first-order valence-electron chi connectivity index (χ1n) is 11.5. The van der Waals surface area contributed by atoms with E-state index in [2.05, 4.69) is 20.8 Å². The highest BCUT2D eigenvalue weighted by Crippen LogP contribution is 2.34. The Balaban J connectivity index is 1.41. The van der Waals surface area contributed by atoms with Crippen molar-refractivity contribution >= 4 is 35.5 Å². The maximum atomic E-state index is 13.1. The van der Waals surface area contributed by atoms with Crippen molar-refractivity contribution in [3.05, 3.63) is 24.4 Å². The van der Waals surface area contributed by atoms with Crippen LogP contribution in [0.25, 0.3) is 10.9 Å². The largest absolute Gasteiger partial charge is 0.475 e. The third-order valence-electron chi connectivity index (χ3n) is 6.39. The molecule has 3 atom stereocenters. The van der Waals surface area contributed by atoms with Gasteiger partial charge in [0, 0.05) is 17.6 Å². The van der Waals surface area contributed by atoms with E-state index in [1.807, 2.05) is 36.9 Å². The zero-order chi connectivity index (χ0) is 22.8. The molecule has 3 unspecified atom stereocenters. The highest BCUT2D eigenvalue weighted by Gasteiger charge is 2.38. The minimum atomic E-state index is -1.64. The molecule has 1 aliphatic carbocycles. The van der Waals surface area contributed by atoms with E-state index >= 15 is 0 Å². The smallest absolute Gasteiger partial charge is 0.426 e. The van der Waals surface area contributed by atoms with E-state index in [-0.39, 0.29) is 23.8 Å². The summed E-state index contributed by atoms with van der Waals surface area (Å²) in [6.07, 6.45) is 5.60. The Labute approximate surface area is 188 Å². The second-order valence-corrected chi connectivity index (χ2v) is 9.54. The molecule has 9 nitrogen and oxygen atoms in total. The van der Waals surface area contributed by atoms with Gasteiger partial charge in [-0.2, -0.15) is 5.10 Å². The van der Waals surface area contributed by atoms with Gasteiger partial charge in [-0.3, -0.25) is 14.7 Å². The second-order valence-electron chi connectivity index (χ2n) is 9.54. The maximum Gasteiger partial charge on any atom is 0.475 e. The van der Waals surface area contributed by atoms with Crippen molar-refractivity contribution < 1.29 is 19.6 Å². The number of H-pyrrole nitrogens is 1. The molecule has 5 N–H and O–H groups in total. The Hall–Kier alpha value is -2.59. The summed E-state index contributed by atoms with van der Waals surface area (Å²) < 4.78 is 0. The fourth-order valence-electron chi connectivity index (χ4n) is 4.31. The molecular weight excluding hydrogens is 409 g/mol. The van der Waals surface area contributed by atoms with Crippen LogP contribution in [0.1, 0.15) is 46.0 Å². The normalized spacial score (nSPS) is 20.0. The number of fused-ring (bicyclic) bond motifs is 1. The quantitative estimate of drug-likeness (QED) is 0.350. The first kappa shape index (κ1) is 22.6. The van der Waals surface area contributed by atoms with Gasteiger partial charge in [0.2, 0.25) is 11.8 Å². The number of aromatic nitrogens is 2. The third-order valence-corrected chi connectivity index (χ3v) is 6.39. The molecule has 2 fully saturated rings. The van der Waals surface area contributed by atoms with Crippen molar-refractivity contribution in [1.29, 1.82) is 0 Å². The summed E-state index contributed by atoms with van der Waals surface area (Å²) in [4.78, 5) is 28.1. The van der Waals surface area contributed by atoms with Gasteiger partial charge < -0.3 is 25.6 Å². The van der Waals surface area contributed by atoms with Crippen molar-refractivity contribution in [3.8, 4) is 0 Å². The van der Waals surface area contributed by atoms with Gasteiger partial charge >= 0.3 is 7.12 Å². The predicted octanol–water partition coefficient (Wildman–Crippen LogP) is 0.969. The molecule has 0 spiro atoms. The fraction of sp³-hybridized carbons (Fsp3) is 0.591. The summed E-state index contributed by atoms with van der Waals surface area (Å²) in [5.41, 5.74) is 1.86. The number of aromatic amines is 1. The number of nitrogens with zero attached hydrogens (tertiary/aromatic N) is 2.